The van der Waals surface area contributed by atoms with E-state index in [9.17, 15) is 9.59 Å². The number of carbonyl (C=O) groups is 2. The number of aldehydes is 1. The van der Waals surface area contributed by atoms with Gasteiger partial charge < -0.3 is 9.47 Å². The first-order valence-electron chi connectivity index (χ1n) is 8.41. The van der Waals surface area contributed by atoms with E-state index in [0.717, 1.165) is 23.0 Å². The molecule has 126 valence electrons. The minimum Gasteiger partial charge on any atom is -0.432 e. The summed E-state index contributed by atoms with van der Waals surface area (Å²) in [6, 6.07) is 17.4. The number of ether oxygens (including phenoxy) is 2. The first-order valence-corrected chi connectivity index (χ1v) is 8.41. The van der Waals surface area contributed by atoms with Crippen LogP contribution in [0.25, 0.3) is 11.1 Å². The molecule has 0 amide bonds. The average Bonchev–Trinajstić information content (AvgIpc) is 3.20. The molecule has 4 nitrogen and oxygen atoms in total. The van der Waals surface area contributed by atoms with Crippen molar-refractivity contribution in [3.8, 4) is 11.1 Å². The van der Waals surface area contributed by atoms with Crippen LogP contribution in [0.4, 0.5) is 0 Å². The molecule has 4 heteroatoms. The largest absolute Gasteiger partial charge is 0.432 e. The van der Waals surface area contributed by atoms with Gasteiger partial charge in [0, 0.05) is 18.8 Å². The Morgan fingerprint density at radius 3 is 2.44 bits per heavy atom. The maximum atomic E-state index is 12.3. The van der Waals surface area contributed by atoms with E-state index in [1.165, 1.54) is 0 Å². The molecule has 0 spiro atoms. The highest BCUT2D eigenvalue weighted by atomic mass is 16.7. The molecule has 0 radical (unpaired) electrons. The quantitative estimate of drug-likeness (QED) is 0.631. The van der Waals surface area contributed by atoms with Crippen LogP contribution in [-0.4, -0.2) is 24.6 Å². The lowest BCUT2D eigenvalue weighted by molar-refractivity contribution is -0.108. The maximum absolute atomic E-state index is 12.3. The van der Waals surface area contributed by atoms with Crippen LogP contribution in [0.1, 0.15) is 23.2 Å². The number of carbonyl (C=O) groups excluding carboxylic acids is 2. The Kier molecular flexibility index (Phi) is 4.20. The Morgan fingerprint density at radius 2 is 1.76 bits per heavy atom. The number of fused-ring (bicyclic) bond motifs is 1. The predicted molar refractivity (Wildman–Crippen MR) is 92.8 cm³/mol. The lowest BCUT2D eigenvalue weighted by atomic mass is 10.0. The summed E-state index contributed by atoms with van der Waals surface area (Å²) in [5.41, 5.74) is 3.43. The second-order valence-electron chi connectivity index (χ2n) is 6.42. The van der Waals surface area contributed by atoms with Crippen LogP contribution in [0.3, 0.4) is 0 Å². The molecule has 0 saturated carbocycles. The third-order valence-corrected chi connectivity index (χ3v) is 4.75. The van der Waals surface area contributed by atoms with E-state index in [-0.39, 0.29) is 18.0 Å². The highest BCUT2D eigenvalue weighted by molar-refractivity contribution is 5.90. The number of hydrogen-bond donors (Lipinski definition) is 0. The maximum Gasteiger partial charge on any atom is 0.340 e. The fraction of sp³-hybridized carbons (Fsp3) is 0.238. The Bertz CT molecular complexity index is 808. The van der Waals surface area contributed by atoms with Gasteiger partial charge in [0.2, 0.25) is 6.29 Å². The van der Waals surface area contributed by atoms with E-state index >= 15 is 0 Å². The second-order valence-corrected chi connectivity index (χ2v) is 6.42. The lowest BCUT2D eigenvalue weighted by Gasteiger charge is -2.13. The molecule has 2 aromatic rings. The molecule has 2 aliphatic rings. The fourth-order valence-electron chi connectivity index (χ4n) is 3.46. The van der Waals surface area contributed by atoms with Gasteiger partial charge in [-0.1, -0.05) is 48.5 Å². The fourth-order valence-corrected chi connectivity index (χ4v) is 3.46. The van der Waals surface area contributed by atoms with Gasteiger partial charge in [-0.2, -0.15) is 0 Å². The molecule has 0 bridgehead atoms. The zero-order valence-corrected chi connectivity index (χ0v) is 13.6. The van der Waals surface area contributed by atoms with Crippen molar-refractivity contribution >= 4 is 12.3 Å². The summed E-state index contributed by atoms with van der Waals surface area (Å²) in [7, 11) is 0. The first kappa shape index (κ1) is 15.8. The third-order valence-electron chi connectivity index (χ3n) is 4.75. The summed E-state index contributed by atoms with van der Waals surface area (Å²) in [4.78, 5) is 23.1. The van der Waals surface area contributed by atoms with E-state index in [1.54, 1.807) is 12.1 Å². The minimum absolute atomic E-state index is 0.0431. The smallest absolute Gasteiger partial charge is 0.340 e. The van der Waals surface area contributed by atoms with Gasteiger partial charge in [-0.05, 0) is 28.8 Å². The van der Waals surface area contributed by atoms with Crippen molar-refractivity contribution in [3.63, 3.8) is 0 Å². The first-order chi connectivity index (χ1) is 12.2. The van der Waals surface area contributed by atoms with Crippen molar-refractivity contribution in [1.82, 2.24) is 0 Å². The van der Waals surface area contributed by atoms with Crippen molar-refractivity contribution < 1.29 is 19.1 Å². The van der Waals surface area contributed by atoms with Crippen molar-refractivity contribution in [2.24, 2.45) is 5.92 Å². The molecule has 1 aliphatic heterocycles. The normalized spacial score (nSPS) is 24.5. The number of hydrogen-bond acceptors (Lipinski definition) is 4. The minimum atomic E-state index is -0.541. The topological polar surface area (TPSA) is 52.6 Å². The SMILES string of the molecule is O=CC1=C[C@H]2CC(OC(=O)c3ccc(-c4ccccc4)cc3)O[C@H]2C1. The van der Waals surface area contributed by atoms with Gasteiger partial charge in [-0.25, -0.2) is 4.79 Å². The monoisotopic (exact) mass is 334 g/mol. The van der Waals surface area contributed by atoms with Gasteiger partial charge in [-0.15, -0.1) is 0 Å². The summed E-state index contributed by atoms with van der Waals surface area (Å²) in [6.45, 7) is 0. The van der Waals surface area contributed by atoms with Crippen LogP contribution in [0.15, 0.2) is 66.2 Å². The molecule has 1 saturated heterocycles. The van der Waals surface area contributed by atoms with E-state index in [0.29, 0.717) is 18.4 Å². The van der Waals surface area contributed by atoms with Crippen LogP contribution < -0.4 is 0 Å². The molecular formula is C21H18O4. The molecule has 1 unspecified atom stereocenters. The Balaban J connectivity index is 1.39. The van der Waals surface area contributed by atoms with Gasteiger partial charge in [-0.3, -0.25) is 4.79 Å². The Hall–Kier alpha value is -2.72. The summed E-state index contributed by atoms with van der Waals surface area (Å²) < 4.78 is 11.2. The van der Waals surface area contributed by atoms with Crippen molar-refractivity contribution in [3.05, 3.63) is 71.8 Å². The van der Waals surface area contributed by atoms with Crippen molar-refractivity contribution in [2.75, 3.05) is 0 Å². The van der Waals surface area contributed by atoms with Crippen LogP contribution in [0, 0.1) is 5.92 Å². The Morgan fingerprint density at radius 1 is 1.04 bits per heavy atom. The van der Waals surface area contributed by atoms with Crippen LogP contribution in [0.2, 0.25) is 0 Å². The molecular weight excluding hydrogens is 316 g/mol. The van der Waals surface area contributed by atoms with Crippen molar-refractivity contribution in [2.45, 2.75) is 25.2 Å². The highest BCUT2D eigenvalue weighted by Gasteiger charge is 2.40. The Labute approximate surface area is 146 Å². The van der Waals surface area contributed by atoms with E-state index in [1.807, 2.05) is 48.5 Å². The second kappa shape index (κ2) is 6.65. The summed E-state index contributed by atoms with van der Waals surface area (Å²) in [5.74, 6) is -0.220. The zero-order chi connectivity index (χ0) is 17.2. The van der Waals surface area contributed by atoms with Gasteiger partial charge in [0.05, 0.1) is 11.7 Å². The number of rotatable bonds is 4. The summed E-state index contributed by atoms with van der Waals surface area (Å²) >= 11 is 0. The molecule has 1 aliphatic carbocycles. The van der Waals surface area contributed by atoms with Crippen LogP contribution >= 0.6 is 0 Å². The third kappa shape index (κ3) is 3.26. The molecule has 0 aromatic heterocycles. The average molecular weight is 334 g/mol. The molecule has 2 aromatic carbocycles. The van der Waals surface area contributed by atoms with E-state index < -0.39 is 6.29 Å². The van der Waals surface area contributed by atoms with Gasteiger partial charge >= 0.3 is 5.97 Å². The number of benzene rings is 2. The molecule has 1 fully saturated rings. The number of esters is 1. The molecule has 4 rings (SSSR count). The van der Waals surface area contributed by atoms with Crippen LogP contribution in [-0.2, 0) is 14.3 Å². The van der Waals surface area contributed by atoms with E-state index in [4.69, 9.17) is 9.47 Å². The van der Waals surface area contributed by atoms with Crippen molar-refractivity contribution in [1.29, 1.82) is 0 Å². The highest BCUT2D eigenvalue weighted by Crippen LogP contribution is 2.37. The van der Waals surface area contributed by atoms with Gasteiger partial charge in [0.15, 0.2) is 0 Å². The molecule has 25 heavy (non-hydrogen) atoms. The lowest BCUT2D eigenvalue weighted by Crippen LogP contribution is -2.19. The predicted octanol–water partition coefficient (Wildman–Crippen LogP) is 3.77. The zero-order valence-electron chi connectivity index (χ0n) is 13.6. The van der Waals surface area contributed by atoms with E-state index in [2.05, 4.69) is 0 Å². The molecule has 1 heterocycles. The summed E-state index contributed by atoms with van der Waals surface area (Å²) in [5, 5.41) is 0. The van der Waals surface area contributed by atoms with Gasteiger partial charge in [0.1, 0.15) is 6.29 Å². The van der Waals surface area contributed by atoms with Crippen LogP contribution in [0.5, 0.6) is 0 Å². The molecule has 3 atom stereocenters. The molecule has 0 N–H and O–H groups in total. The van der Waals surface area contributed by atoms with Gasteiger partial charge in [0.25, 0.3) is 0 Å². The standard InChI is InChI=1S/C21H18O4/c22-13-14-10-18-12-20(24-19(18)11-14)25-21(23)17-8-6-16(7-9-17)15-4-2-1-3-5-15/h1-10,13,18-20H,11-12H2/t18-,19-,20?/m0/s1. The summed E-state index contributed by atoms with van der Waals surface area (Å²) in [6.07, 6.45) is 3.43.